The summed E-state index contributed by atoms with van der Waals surface area (Å²) in [7, 11) is 0. The highest BCUT2D eigenvalue weighted by Crippen LogP contribution is 2.38. The second kappa shape index (κ2) is 7.42. The van der Waals surface area contributed by atoms with Crippen LogP contribution in [0, 0.1) is 11.3 Å². The van der Waals surface area contributed by atoms with E-state index in [1.165, 1.54) is 44.3 Å². The minimum Gasteiger partial charge on any atom is -0.324 e. The van der Waals surface area contributed by atoms with Crippen LogP contribution in [-0.4, -0.2) is 24.5 Å². The monoisotopic (exact) mass is 288 g/mol. The largest absolute Gasteiger partial charge is 0.324 e. The van der Waals surface area contributed by atoms with Gasteiger partial charge in [0.05, 0.1) is 0 Å². The predicted molar refractivity (Wildman–Crippen MR) is 91.2 cm³/mol. The summed E-state index contributed by atoms with van der Waals surface area (Å²) in [6, 6.07) is 10.7. The lowest BCUT2D eigenvalue weighted by molar-refractivity contribution is 0.0831. The molecule has 0 amide bonds. The molecule has 2 rings (SSSR count). The fourth-order valence-electron chi connectivity index (χ4n) is 3.69. The lowest BCUT2D eigenvalue weighted by Gasteiger charge is -2.42. The number of nitrogens with two attached hydrogens (primary N) is 1. The summed E-state index contributed by atoms with van der Waals surface area (Å²) in [5, 5.41) is 0. The van der Waals surface area contributed by atoms with Crippen molar-refractivity contribution in [3.8, 4) is 0 Å². The highest BCUT2D eigenvalue weighted by Gasteiger charge is 2.31. The third-order valence-corrected chi connectivity index (χ3v) is 5.76. The van der Waals surface area contributed by atoms with Crippen LogP contribution in [0.2, 0.25) is 0 Å². The van der Waals surface area contributed by atoms with Gasteiger partial charge in [0.1, 0.15) is 0 Å². The summed E-state index contributed by atoms with van der Waals surface area (Å²) in [5.74, 6) is 0.503. The van der Waals surface area contributed by atoms with Crippen LogP contribution in [0.1, 0.15) is 58.1 Å². The van der Waals surface area contributed by atoms with Gasteiger partial charge in [-0.2, -0.15) is 0 Å². The molecule has 0 aliphatic carbocycles. The van der Waals surface area contributed by atoms with Crippen molar-refractivity contribution in [2.24, 2.45) is 17.1 Å². The van der Waals surface area contributed by atoms with E-state index in [4.69, 9.17) is 5.73 Å². The van der Waals surface area contributed by atoms with Crippen LogP contribution in [0.15, 0.2) is 30.3 Å². The summed E-state index contributed by atoms with van der Waals surface area (Å²) in [6.45, 7) is 10.6. The lowest BCUT2D eigenvalue weighted by atomic mass is 9.74. The number of likely N-dealkylation sites (tertiary alicyclic amines) is 1. The number of rotatable bonds is 6. The molecule has 1 aliphatic heterocycles. The van der Waals surface area contributed by atoms with E-state index in [0.29, 0.717) is 11.3 Å². The van der Waals surface area contributed by atoms with Gasteiger partial charge < -0.3 is 10.6 Å². The topological polar surface area (TPSA) is 29.3 Å². The Balaban J connectivity index is 1.86. The van der Waals surface area contributed by atoms with Gasteiger partial charge in [0.15, 0.2) is 0 Å². The van der Waals surface area contributed by atoms with Crippen molar-refractivity contribution in [3.63, 3.8) is 0 Å². The van der Waals surface area contributed by atoms with E-state index in [0.717, 1.165) is 6.54 Å². The molecule has 2 nitrogen and oxygen atoms in total. The van der Waals surface area contributed by atoms with Crippen molar-refractivity contribution >= 4 is 0 Å². The third-order valence-electron chi connectivity index (χ3n) is 5.76. The van der Waals surface area contributed by atoms with Gasteiger partial charge in [-0.25, -0.2) is 0 Å². The number of nitrogens with zero attached hydrogens (tertiary/aromatic N) is 1. The Labute approximate surface area is 130 Å². The van der Waals surface area contributed by atoms with Crippen molar-refractivity contribution in [1.29, 1.82) is 0 Å². The maximum absolute atomic E-state index is 6.43. The Bertz CT molecular complexity index is 401. The van der Waals surface area contributed by atoms with Crippen LogP contribution in [0.3, 0.4) is 0 Å². The number of hydrogen-bond acceptors (Lipinski definition) is 2. The Kier molecular flexibility index (Phi) is 5.83. The molecule has 0 aromatic heterocycles. The van der Waals surface area contributed by atoms with Crippen molar-refractivity contribution in [1.82, 2.24) is 4.90 Å². The fraction of sp³-hybridized carbons (Fsp3) is 0.684. The molecule has 2 unspecified atom stereocenters. The molecule has 1 aliphatic rings. The molecule has 1 saturated heterocycles. The molecule has 0 saturated carbocycles. The molecular formula is C19H32N2. The molecular weight excluding hydrogens is 256 g/mol. The first-order chi connectivity index (χ1) is 10.1. The van der Waals surface area contributed by atoms with Gasteiger partial charge in [0, 0.05) is 12.6 Å². The highest BCUT2D eigenvalue weighted by atomic mass is 15.1. The van der Waals surface area contributed by atoms with E-state index in [1.807, 2.05) is 0 Å². The van der Waals surface area contributed by atoms with Crippen LogP contribution < -0.4 is 5.73 Å². The van der Waals surface area contributed by atoms with Crippen LogP contribution in [0.25, 0.3) is 0 Å². The summed E-state index contributed by atoms with van der Waals surface area (Å²) < 4.78 is 0. The SMILES string of the molecule is CCC1(CC)CCN(CC(C)C(N)c2ccccc2)CC1. The molecule has 2 atom stereocenters. The van der Waals surface area contributed by atoms with E-state index < -0.39 is 0 Å². The van der Waals surface area contributed by atoms with Crippen LogP contribution >= 0.6 is 0 Å². The van der Waals surface area contributed by atoms with Crippen molar-refractivity contribution < 1.29 is 0 Å². The first kappa shape index (κ1) is 16.5. The molecule has 0 radical (unpaired) electrons. The maximum Gasteiger partial charge on any atom is 0.0333 e. The van der Waals surface area contributed by atoms with Gasteiger partial charge in [-0.15, -0.1) is 0 Å². The van der Waals surface area contributed by atoms with Crippen molar-refractivity contribution in [2.45, 2.75) is 52.5 Å². The molecule has 0 spiro atoms. The number of benzene rings is 1. The molecule has 1 aromatic carbocycles. The molecule has 0 bridgehead atoms. The average Bonchev–Trinajstić information content (AvgIpc) is 2.56. The molecule has 1 fully saturated rings. The van der Waals surface area contributed by atoms with E-state index >= 15 is 0 Å². The molecule has 1 heterocycles. The first-order valence-electron chi connectivity index (χ1n) is 8.63. The van der Waals surface area contributed by atoms with Gasteiger partial charge >= 0.3 is 0 Å². The zero-order valence-corrected chi connectivity index (χ0v) is 14.0. The van der Waals surface area contributed by atoms with Gasteiger partial charge in [0.25, 0.3) is 0 Å². The van der Waals surface area contributed by atoms with Crippen LogP contribution in [0.4, 0.5) is 0 Å². The minimum atomic E-state index is 0.148. The minimum absolute atomic E-state index is 0.148. The number of hydrogen-bond donors (Lipinski definition) is 1. The van der Waals surface area contributed by atoms with E-state index in [2.05, 4.69) is 56.0 Å². The molecule has 21 heavy (non-hydrogen) atoms. The van der Waals surface area contributed by atoms with E-state index in [-0.39, 0.29) is 6.04 Å². The Morgan fingerprint density at radius 3 is 2.19 bits per heavy atom. The lowest BCUT2D eigenvalue weighted by Crippen LogP contribution is -2.42. The van der Waals surface area contributed by atoms with Crippen molar-refractivity contribution in [3.05, 3.63) is 35.9 Å². The summed E-state index contributed by atoms with van der Waals surface area (Å²) in [4.78, 5) is 2.62. The standard InChI is InChI=1S/C19H32N2/c1-4-19(5-2)11-13-21(14-12-19)15-16(3)18(20)17-9-7-6-8-10-17/h6-10,16,18H,4-5,11-15,20H2,1-3H3. The van der Waals surface area contributed by atoms with Gasteiger partial charge in [-0.3, -0.25) is 0 Å². The molecule has 118 valence electrons. The maximum atomic E-state index is 6.43. The fourth-order valence-corrected chi connectivity index (χ4v) is 3.69. The van der Waals surface area contributed by atoms with Crippen LogP contribution in [0.5, 0.6) is 0 Å². The second-order valence-corrected chi connectivity index (χ2v) is 6.92. The third kappa shape index (κ3) is 4.08. The zero-order valence-electron chi connectivity index (χ0n) is 14.0. The molecule has 2 heteroatoms. The number of piperidine rings is 1. The van der Waals surface area contributed by atoms with Gasteiger partial charge in [-0.1, -0.05) is 63.9 Å². The summed E-state index contributed by atoms with van der Waals surface area (Å²) in [6.07, 6.45) is 5.37. The summed E-state index contributed by atoms with van der Waals surface area (Å²) in [5.41, 5.74) is 8.31. The molecule has 1 aromatic rings. The average molecular weight is 288 g/mol. The Morgan fingerprint density at radius 1 is 1.10 bits per heavy atom. The first-order valence-corrected chi connectivity index (χ1v) is 8.63. The smallest absolute Gasteiger partial charge is 0.0333 e. The Hall–Kier alpha value is -0.860. The van der Waals surface area contributed by atoms with Gasteiger partial charge in [-0.05, 0) is 42.8 Å². The predicted octanol–water partition coefficient (Wildman–Crippen LogP) is 4.22. The normalized spacial score (nSPS) is 21.9. The van der Waals surface area contributed by atoms with Gasteiger partial charge in [0.2, 0.25) is 0 Å². The zero-order chi connectivity index (χ0) is 15.3. The van der Waals surface area contributed by atoms with E-state index in [1.54, 1.807) is 0 Å². The Morgan fingerprint density at radius 2 is 1.67 bits per heavy atom. The van der Waals surface area contributed by atoms with E-state index in [9.17, 15) is 0 Å². The van der Waals surface area contributed by atoms with Crippen LogP contribution in [-0.2, 0) is 0 Å². The highest BCUT2D eigenvalue weighted by molar-refractivity contribution is 5.19. The van der Waals surface area contributed by atoms with Crippen molar-refractivity contribution in [2.75, 3.05) is 19.6 Å². The quantitative estimate of drug-likeness (QED) is 0.849. The molecule has 2 N–H and O–H groups in total. The summed E-state index contributed by atoms with van der Waals surface area (Å²) >= 11 is 0. The second-order valence-electron chi connectivity index (χ2n) is 6.92.